The first kappa shape index (κ1) is 21.2. The SMILES string of the molecule is CC(=O)c1cccc(NC(=O)c2cnn3c(C(F)(F)F)cc(-c4ccc(F)cc4)nc23)c1. The van der Waals surface area contributed by atoms with E-state index in [1.165, 1.54) is 31.2 Å². The number of anilines is 1. The van der Waals surface area contributed by atoms with Crippen molar-refractivity contribution < 1.29 is 27.2 Å². The molecule has 0 atom stereocenters. The summed E-state index contributed by atoms with van der Waals surface area (Å²) in [5.41, 5.74) is -0.878. The number of fused-ring (bicyclic) bond motifs is 1. The zero-order chi connectivity index (χ0) is 23.0. The first-order valence-corrected chi connectivity index (χ1v) is 9.28. The molecule has 162 valence electrons. The van der Waals surface area contributed by atoms with Crippen LogP contribution in [0.4, 0.5) is 23.2 Å². The van der Waals surface area contributed by atoms with Crippen LogP contribution in [0.3, 0.4) is 0 Å². The maximum absolute atomic E-state index is 13.7. The first-order chi connectivity index (χ1) is 15.1. The number of benzene rings is 2. The Morgan fingerprint density at radius 2 is 1.75 bits per heavy atom. The van der Waals surface area contributed by atoms with Crippen LogP contribution in [-0.4, -0.2) is 26.3 Å². The van der Waals surface area contributed by atoms with Gasteiger partial charge in [-0.25, -0.2) is 13.9 Å². The van der Waals surface area contributed by atoms with E-state index >= 15 is 0 Å². The molecule has 0 radical (unpaired) electrons. The molecule has 0 spiro atoms. The van der Waals surface area contributed by atoms with E-state index < -0.39 is 23.6 Å². The fourth-order valence-electron chi connectivity index (χ4n) is 3.11. The quantitative estimate of drug-likeness (QED) is 0.356. The monoisotopic (exact) mass is 442 g/mol. The lowest BCUT2D eigenvalue weighted by Crippen LogP contribution is -2.16. The molecule has 0 bridgehead atoms. The molecule has 0 saturated carbocycles. The van der Waals surface area contributed by atoms with Gasteiger partial charge in [0.15, 0.2) is 17.1 Å². The number of ketones is 1. The van der Waals surface area contributed by atoms with Gasteiger partial charge in [-0.1, -0.05) is 12.1 Å². The van der Waals surface area contributed by atoms with Gasteiger partial charge in [-0.15, -0.1) is 0 Å². The van der Waals surface area contributed by atoms with Crippen molar-refractivity contribution in [2.45, 2.75) is 13.1 Å². The van der Waals surface area contributed by atoms with Crippen molar-refractivity contribution >= 4 is 23.0 Å². The average Bonchev–Trinajstić information content (AvgIpc) is 3.17. The lowest BCUT2D eigenvalue weighted by atomic mass is 10.1. The Labute approximate surface area is 178 Å². The van der Waals surface area contributed by atoms with Crippen molar-refractivity contribution in [1.29, 1.82) is 0 Å². The molecular weight excluding hydrogens is 428 g/mol. The second kappa shape index (κ2) is 7.88. The number of Topliss-reactive ketones (excluding diaryl/α,β-unsaturated/α-hetero) is 1. The Hall–Kier alpha value is -4.08. The highest BCUT2D eigenvalue weighted by Gasteiger charge is 2.36. The van der Waals surface area contributed by atoms with Crippen LogP contribution in [-0.2, 0) is 6.18 Å². The summed E-state index contributed by atoms with van der Waals surface area (Å²) in [4.78, 5) is 28.5. The van der Waals surface area contributed by atoms with Gasteiger partial charge in [0.2, 0.25) is 0 Å². The highest BCUT2D eigenvalue weighted by molar-refractivity contribution is 6.08. The number of nitrogens with zero attached hydrogens (tertiary/aromatic N) is 3. The standard InChI is InChI=1S/C22H14F4N4O2/c1-12(31)14-3-2-4-16(9-14)28-21(32)17-11-27-30-19(22(24,25)26)10-18(29-20(17)30)13-5-7-15(23)8-6-13/h2-11H,1H3,(H,28,32). The van der Waals surface area contributed by atoms with Crippen molar-refractivity contribution in [3.63, 3.8) is 0 Å². The molecular formula is C22H14F4N4O2. The van der Waals surface area contributed by atoms with Crippen molar-refractivity contribution in [1.82, 2.24) is 14.6 Å². The number of carbonyl (C=O) groups excluding carboxylic acids is 2. The number of aromatic nitrogens is 3. The molecule has 0 fully saturated rings. The highest BCUT2D eigenvalue weighted by atomic mass is 19.4. The van der Waals surface area contributed by atoms with Crippen molar-refractivity contribution in [3.8, 4) is 11.3 Å². The molecule has 10 heteroatoms. The molecule has 6 nitrogen and oxygen atoms in total. The van der Waals surface area contributed by atoms with Gasteiger partial charge in [-0.3, -0.25) is 9.59 Å². The molecule has 0 unspecified atom stereocenters. The van der Waals surface area contributed by atoms with E-state index in [0.717, 1.165) is 24.4 Å². The summed E-state index contributed by atoms with van der Waals surface area (Å²) >= 11 is 0. The van der Waals surface area contributed by atoms with E-state index in [2.05, 4.69) is 15.4 Å². The molecule has 1 N–H and O–H groups in total. The Balaban J connectivity index is 1.81. The van der Waals surface area contributed by atoms with Crippen LogP contribution in [0.15, 0.2) is 60.8 Å². The largest absolute Gasteiger partial charge is 0.433 e. The number of alkyl halides is 3. The van der Waals surface area contributed by atoms with E-state index in [0.29, 0.717) is 10.1 Å². The van der Waals surface area contributed by atoms with E-state index in [9.17, 15) is 27.2 Å². The molecule has 32 heavy (non-hydrogen) atoms. The summed E-state index contributed by atoms with van der Waals surface area (Å²) in [6, 6.07) is 11.7. The number of amides is 1. The number of hydrogen-bond acceptors (Lipinski definition) is 4. The van der Waals surface area contributed by atoms with Crippen LogP contribution in [0.2, 0.25) is 0 Å². The predicted molar refractivity (Wildman–Crippen MR) is 108 cm³/mol. The summed E-state index contributed by atoms with van der Waals surface area (Å²) in [6.07, 6.45) is -3.80. The first-order valence-electron chi connectivity index (χ1n) is 9.28. The second-order valence-corrected chi connectivity index (χ2v) is 6.92. The van der Waals surface area contributed by atoms with Gasteiger partial charge in [-0.2, -0.15) is 18.3 Å². The van der Waals surface area contributed by atoms with Crippen LogP contribution in [0.5, 0.6) is 0 Å². The molecule has 2 aromatic carbocycles. The van der Waals surface area contributed by atoms with E-state index in [1.807, 2.05) is 0 Å². The molecule has 0 aliphatic carbocycles. The highest BCUT2D eigenvalue weighted by Crippen LogP contribution is 2.33. The average molecular weight is 442 g/mol. The van der Waals surface area contributed by atoms with Gasteiger partial charge in [0, 0.05) is 16.8 Å². The fraction of sp³-hybridized carbons (Fsp3) is 0.0909. The van der Waals surface area contributed by atoms with Crippen molar-refractivity contribution in [2.75, 3.05) is 5.32 Å². The van der Waals surface area contributed by atoms with Crippen LogP contribution in [0.25, 0.3) is 16.9 Å². The van der Waals surface area contributed by atoms with Crippen LogP contribution < -0.4 is 5.32 Å². The van der Waals surface area contributed by atoms with Crippen molar-refractivity contribution in [3.05, 3.63) is 83.4 Å². The number of hydrogen-bond donors (Lipinski definition) is 1. The Kier molecular flexibility index (Phi) is 5.21. The molecule has 2 heterocycles. The van der Waals surface area contributed by atoms with Crippen LogP contribution in [0, 0.1) is 5.82 Å². The maximum Gasteiger partial charge on any atom is 0.433 e. The van der Waals surface area contributed by atoms with Gasteiger partial charge in [0.1, 0.15) is 11.4 Å². The van der Waals surface area contributed by atoms with Gasteiger partial charge in [0.05, 0.1) is 11.9 Å². The molecule has 0 aliphatic heterocycles. The molecule has 4 rings (SSSR count). The van der Waals surface area contributed by atoms with Gasteiger partial charge < -0.3 is 5.32 Å². The lowest BCUT2D eigenvalue weighted by molar-refractivity contribution is -0.142. The Bertz CT molecular complexity index is 1340. The fourth-order valence-corrected chi connectivity index (χ4v) is 3.11. The van der Waals surface area contributed by atoms with Gasteiger partial charge >= 0.3 is 6.18 Å². The van der Waals surface area contributed by atoms with Gasteiger partial charge in [0.25, 0.3) is 5.91 Å². The third-order valence-corrected chi connectivity index (χ3v) is 4.67. The topological polar surface area (TPSA) is 76.4 Å². The summed E-state index contributed by atoms with van der Waals surface area (Å²) < 4.78 is 54.8. The number of rotatable bonds is 4. The lowest BCUT2D eigenvalue weighted by Gasteiger charge is -2.12. The summed E-state index contributed by atoms with van der Waals surface area (Å²) in [7, 11) is 0. The number of nitrogens with one attached hydrogen (secondary N) is 1. The second-order valence-electron chi connectivity index (χ2n) is 6.92. The molecule has 0 saturated heterocycles. The zero-order valence-electron chi connectivity index (χ0n) is 16.4. The normalized spacial score (nSPS) is 11.5. The third-order valence-electron chi connectivity index (χ3n) is 4.67. The minimum Gasteiger partial charge on any atom is -0.322 e. The van der Waals surface area contributed by atoms with Crippen LogP contribution >= 0.6 is 0 Å². The summed E-state index contributed by atoms with van der Waals surface area (Å²) in [5, 5.41) is 6.24. The summed E-state index contributed by atoms with van der Waals surface area (Å²) in [5.74, 6) is -1.52. The molecule has 4 aromatic rings. The van der Waals surface area contributed by atoms with Gasteiger partial charge in [-0.05, 0) is 49.4 Å². The minimum absolute atomic E-state index is 0.0991. The summed E-state index contributed by atoms with van der Waals surface area (Å²) in [6.45, 7) is 1.37. The molecule has 2 aromatic heterocycles. The minimum atomic E-state index is -4.79. The van der Waals surface area contributed by atoms with E-state index in [1.54, 1.807) is 12.1 Å². The third kappa shape index (κ3) is 4.07. The number of halogens is 4. The predicted octanol–water partition coefficient (Wildman–Crippen LogP) is 5.01. The number of carbonyl (C=O) groups is 2. The van der Waals surface area contributed by atoms with Crippen molar-refractivity contribution in [2.24, 2.45) is 0 Å². The maximum atomic E-state index is 13.7. The Morgan fingerprint density at radius 1 is 1.03 bits per heavy atom. The van der Waals surface area contributed by atoms with Crippen LogP contribution in [0.1, 0.15) is 33.3 Å². The Morgan fingerprint density at radius 3 is 2.41 bits per heavy atom. The molecule has 1 amide bonds. The zero-order valence-corrected chi connectivity index (χ0v) is 16.4. The van der Waals surface area contributed by atoms with E-state index in [-0.39, 0.29) is 33.9 Å². The smallest absolute Gasteiger partial charge is 0.322 e. The molecule has 0 aliphatic rings. The van der Waals surface area contributed by atoms with E-state index in [4.69, 9.17) is 0 Å².